The number of nitrogens with zero attached hydrogens (tertiary/aromatic N) is 1. The van der Waals surface area contributed by atoms with Gasteiger partial charge in [-0.25, -0.2) is 22.7 Å². The Hall–Kier alpha value is -2.66. The zero-order chi connectivity index (χ0) is 19.6. The van der Waals surface area contributed by atoms with Crippen LogP contribution in [0.4, 0.5) is 4.79 Å². The van der Waals surface area contributed by atoms with Gasteiger partial charge in [0.2, 0.25) is 10.0 Å². The van der Waals surface area contributed by atoms with Crippen LogP contribution in [-0.4, -0.2) is 64.1 Å². The summed E-state index contributed by atoms with van der Waals surface area (Å²) in [5.41, 5.74) is -0.0503. The molecule has 3 rings (SSSR count). The zero-order valence-electron chi connectivity index (χ0n) is 14.6. The molecule has 27 heavy (non-hydrogen) atoms. The Balaban J connectivity index is 1.72. The molecule has 146 valence electrons. The van der Waals surface area contributed by atoms with Crippen LogP contribution in [-0.2, 0) is 19.6 Å². The molecule has 1 aromatic carbocycles. The average molecular weight is 397 g/mol. The minimum absolute atomic E-state index is 0.0503. The monoisotopic (exact) mass is 397 g/mol. The molecule has 1 heterocycles. The summed E-state index contributed by atoms with van der Waals surface area (Å²) in [4.78, 5) is 36.3. The van der Waals surface area contributed by atoms with E-state index in [1.54, 1.807) is 0 Å². The lowest BCUT2D eigenvalue weighted by atomic mass is 10.2. The van der Waals surface area contributed by atoms with Crippen LogP contribution < -0.4 is 14.8 Å². The lowest BCUT2D eigenvalue weighted by molar-refractivity contribution is -0.130. The number of methoxy groups -OCH3 is 1. The average Bonchev–Trinajstić information content (AvgIpc) is 3.34. The topological polar surface area (TPSA) is 131 Å². The van der Waals surface area contributed by atoms with Gasteiger partial charge >= 0.3 is 12.0 Å². The number of hydrogen-bond donors (Lipinski definition) is 2. The van der Waals surface area contributed by atoms with E-state index in [1.807, 2.05) is 0 Å². The summed E-state index contributed by atoms with van der Waals surface area (Å²) in [7, 11) is -2.54. The summed E-state index contributed by atoms with van der Waals surface area (Å²) in [5.74, 6) is -1.45. The van der Waals surface area contributed by atoms with Gasteiger partial charge in [-0.2, -0.15) is 0 Å². The Bertz CT molecular complexity index is 880. The number of esters is 1. The predicted octanol–water partition coefficient (Wildman–Crippen LogP) is -0.155. The molecule has 0 spiro atoms. The van der Waals surface area contributed by atoms with Crippen molar-refractivity contribution < 1.29 is 32.3 Å². The van der Waals surface area contributed by atoms with E-state index in [-0.39, 0.29) is 28.8 Å². The molecule has 0 atom stereocenters. The fraction of sp³-hybridized carbons (Fsp3) is 0.438. The molecule has 1 saturated heterocycles. The van der Waals surface area contributed by atoms with Crippen LogP contribution in [0.2, 0.25) is 0 Å². The molecule has 0 unspecified atom stereocenters. The van der Waals surface area contributed by atoms with Crippen LogP contribution in [0.25, 0.3) is 0 Å². The molecule has 2 aliphatic rings. The molecule has 0 radical (unpaired) electrons. The number of sulfonamides is 1. The molecule has 0 bridgehead atoms. The highest BCUT2D eigenvalue weighted by molar-refractivity contribution is 7.89. The van der Waals surface area contributed by atoms with Gasteiger partial charge in [0, 0.05) is 19.1 Å². The van der Waals surface area contributed by atoms with Crippen LogP contribution >= 0.6 is 0 Å². The minimum atomic E-state index is -3.86. The van der Waals surface area contributed by atoms with E-state index in [2.05, 4.69) is 10.0 Å². The third kappa shape index (κ3) is 4.37. The van der Waals surface area contributed by atoms with Gasteiger partial charge in [0.25, 0.3) is 5.91 Å². The highest BCUT2D eigenvalue weighted by Gasteiger charge is 2.31. The van der Waals surface area contributed by atoms with Crippen LogP contribution in [0.1, 0.15) is 23.2 Å². The molecule has 0 aromatic heterocycles. The molecule has 2 N–H and O–H groups in total. The number of carbonyl (C=O) groups excluding carboxylic acids is 3. The van der Waals surface area contributed by atoms with Crippen LogP contribution in [0.3, 0.4) is 0 Å². The first kappa shape index (κ1) is 19.1. The molecule has 10 nitrogen and oxygen atoms in total. The van der Waals surface area contributed by atoms with Gasteiger partial charge in [-0.05, 0) is 31.0 Å². The van der Waals surface area contributed by atoms with Crippen molar-refractivity contribution in [3.05, 3.63) is 23.8 Å². The molecule has 1 aliphatic heterocycles. The van der Waals surface area contributed by atoms with Gasteiger partial charge in [0.1, 0.15) is 10.6 Å². The second-order valence-corrected chi connectivity index (χ2v) is 7.80. The summed E-state index contributed by atoms with van der Waals surface area (Å²) in [6.45, 7) is -0.0834. The Morgan fingerprint density at radius 3 is 2.67 bits per heavy atom. The van der Waals surface area contributed by atoms with Crippen LogP contribution in [0.5, 0.6) is 5.75 Å². The maximum Gasteiger partial charge on any atom is 0.338 e. The molecule has 1 aliphatic carbocycles. The zero-order valence-corrected chi connectivity index (χ0v) is 15.4. The summed E-state index contributed by atoms with van der Waals surface area (Å²) >= 11 is 0. The van der Waals surface area contributed by atoms with Crippen molar-refractivity contribution in [3.8, 4) is 5.75 Å². The van der Waals surface area contributed by atoms with E-state index in [9.17, 15) is 22.8 Å². The predicted molar refractivity (Wildman–Crippen MR) is 91.7 cm³/mol. The SMILES string of the molecule is COc1ccc(C(=O)OCC(=O)N2CCNC2=O)cc1S(=O)(=O)NC1CC1. The molecular weight excluding hydrogens is 378 g/mol. The fourth-order valence-corrected chi connectivity index (χ4v) is 4.00. The number of imide groups is 1. The van der Waals surface area contributed by atoms with E-state index >= 15 is 0 Å². The van der Waals surface area contributed by atoms with E-state index in [0.717, 1.165) is 23.8 Å². The summed E-state index contributed by atoms with van der Waals surface area (Å²) in [6.07, 6.45) is 1.52. The number of benzene rings is 1. The van der Waals surface area contributed by atoms with Crippen molar-refractivity contribution in [1.82, 2.24) is 14.9 Å². The summed E-state index contributed by atoms with van der Waals surface area (Å²) < 4.78 is 37.4. The number of hydrogen-bond acceptors (Lipinski definition) is 7. The van der Waals surface area contributed by atoms with Crippen LogP contribution in [0, 0.1) is 0 Å². The normalized spacial score (nSPS) is 16.8. The number of rotatable bonds is 7. The molecule has 2 fully saturated rings. The maximum absolute atomic E-state index is 12.5. The number of ether oxygens (including phenoxy) is 2. The maximum atomic E-state index is 12.5. The Labute approximate surface area is 155 Å². The second-order valence-electron chi connectivity index (χ2n) is 6.11. The van der Waals surface area contributed by atoms with E-state index in [4.69, 9.17) is 9.47 Å². The first-order valence-corrected chi connectivity index (χ1v) is 9.76. The fourth-order valence-electron chi connectivity index (χ4n) is 2.50. The molecule has 1 saturated carbocycles. The van der Waals surface area contributed by atoms with E-state index < -0.39 is 34.5 Å². The highest BCUT2D eigenvalue weighted by atomic mass is 32.2. The van der Waals surface area contributed by atoms with Gasteiger partial charge < -0.3 is 14.8 Å². The lowest BCUT2D eigenvalue weighted by Crippen LogP contribution is -2.37. The standard InChI is InChI=1S/C16H19N3O7S/c1-25-12-5-2-10(8-13(12)27(23,24)18-11-3-4-11)15(21)26-9-14(20)19-7-6-17-16(19)22/h2,5,8,11,18H,3-4,6-7,9H2,1H3,(H,17,22). The summed E-state index contributed by atoms with van der Waals surface area (Å²) in [5, 5.41) is 2.47. The Morgan fingerprint density at radius 1 is 1.33 bits per heavy atom. The third-order valence-electron chi connectivity index (χ3n) is 4.07. The minimum Gasteiger partial charge on any atom is -0.495 e. The highest BCUT2D eigenvalue weighted by Crippen LogP contribution is 2.28. The Morgan fingerprint density at radius 2 is 2.07 bits per heavy atom. The lowest BCUT2D eigenvalue weighted by Gasteiger charge is -2.13. The van der Waals surface area contributed by atoms with Gasteiger partial charge in [-0.15, -0.1) is 0 Å². The number of nitrogens with one attached hydrogen (secondary N) is 2. The number of urea groups is 1. The van der Waals surface area contributed by atoms with Gasteiger partial charge in [0.05, 0.1) is 12.7 Å². The molecule has 11 heteroatoms. The van der Waals surface area contributed by atoms with Crippen LogP contribution in [0.15, 0.2) is 23.1 Å². The summed E-state index contributed by atoms with van der Waals surface area (Å²) in [6, 6.07) is 3.16. The van der Waals surface area contributed by atoms with Crippen molar-refractivity contribution in [1.29, 1.82) is 0 Å². The van der Waals surface area contributed by atoms with Crippen molar-refractivity contribution in [3.63, 3.8) is 0 Å². The third-order valence-corrected chi connectivity index (χ3v) is 5.61. The number of carbonyl (C=O) groups is 3. The van der Waals surface area contributed by atoms with Gasteiger partial charge in [-0.1, -0.05) is 0 Å². The molecule has 3 amide bonds. The smallest absolute Gasteiger partial charge is 0.338 e. The largest absolute Gasteiger partial charge is 0.495 e. The van der Waals surface area contributed by atoms with Crippen molar-refractivity contribution in [2.75, 3.05) is 26.8 Å². The number of amides is 3. The van der Waals surface area contributed by atoms with E-state index in [0.29, 0.717) is 6.54 Å². The first-order valence-electron chi connectivity index (χ1n) is 8.27. The van der Waals surface area contributed by atoms with Gasteiger partial charge in [-0.3, -0.25) is 9.69 Å². The first-order chi connectivity index (χ1) is 12.8. The molecule has 1 aromatic rings. The van der Waals surface area contributed by atoms with Gasteiger partial charge in [0.15, 0.2) is 6.61 Å². The quantitative estimate of drug-likeness (QED) is 0.612. The van der Waals surface area contributed by atoms with E-state index in [1.165, 1.54) is 19.2 Å². The molecular formula is C16H19N3O7S. The Kier molecular flexibility index (Phi) is 5.33. The van der Waals surface area contributed by atoms with Crippen molar-refractivity contribution >= 4 is 27.9 Å². The van der Waals surface area contributed by atoms with Crippen molar-refractivity contribution in [2.45, 2.75) is 23.8 Å². The second kappa shape index (κ2) is 7.53. The van der Waals surface area contributed by atoms with Crippen molar-refractivity contribution in [2.24, 2.45) is 0 Å².